The molecule has 1 aromatic heterocycles. The lowest BCUT2D eigenvalue weighted by Crippen LogP contribution is -2.31. The summed E-state index contributed by atoms with van der Waals surface area (Å²) in [5.74, 6) is -1.84. The average Bonchev–Trinajstić information content (AvgIpc) is 2.54. The zero-order valence-electron chi connectivity index (χ0n) is 9.06. The van der Waals surface area contributed by atoms with Crippen molar-refractivity contribution in [2.24, 2.45) is 7.05 Å². The van der Waals surface area contributed by atoms with E-state index in [9.17, 15) is 18.0 Å². The maximum absolute atomic E-state index is 12.2. The normalized spacial score (nSPS) is 15.5. The van der Waals surface area contributed by atoms with Gasteiger partial charge in [0.2, 0.25) is 0 Å². The molecule has 0 saturated carbocycles. The molecule has 0 aliphatic carbocycles. The minimum absolute atomic E-state index is 0.129. The van der Waals surface area contributed by atoms with Gasteiger partial charge in [-0.05, 0) is 13.0 Å². The van der Waals surface area contributed by atoms with E-state index >= 15 is 0 Å². The summed E-state index contributed by atoms with van der Waals surface area (Å²) in [6.45, 7) is 1.17. The molecule has 0 radical (unpaired) electrons. The van der Waals surface area contributed by atoms with Gasteiger partial charge >= 0.3 is 12.1 Å². The van der Waals surface area contributed by atoms with Crippen molar-refractivity contribution in [3.63, 3.8) is 0 Å². The fourth-order valence-corrected chi connectivity index (χ4v) is 1.78. The first kappa shape index (κ1) is 11.9. The first-order valence-corrected chi connectivity index (χ1v) is 5.03. The van der Waals surface area contributed by atoms with Crippen LogP contribution in [0.1, 0.15) is 11.3 Å². The Balaban J connectivity index is 2.27. The van der Waals surface area contributed by atoms with E-state index in [1.54, 1.807) is 0 Å². The lowest BCUT2D eigenvalue weighted by atomic mass is 10.1. The Morgan fingerprint density at radius 2 is 2.24 bits per heavy atom. The van der Waals surface area contributed by atoms with E-state index < -0.39 is 12.1 Å². The summed E-state index contributed by atoms with van der Waals surface area (Å²) < 4.78 is 37.7. The Morgan fingerprint density at radius 3 is 2.88 bits per heavy atom. The van der Waals surface area contributed by atoms with Gasteiger partial charge in [0.05, 0.1) is 5.69 Å². The van der Waals surface area contributed by atoms with Gasteiger partial charge in [-0.1, -0.05) is 0 Å². The van der Waals surface area contributed by atoms with Crippen molar-refractivity contribution in [1.82, 2.24) is 15.1 Å². The van der Waals surface area contributed by atoms with E-state index in [2.05, 4.69) is 10.4 Å². The molecule has 2 N–H and O–H groups in total. The minimum atomic E-state index is -4.88. The van der Waals surface area contributed by atoms with Crippen molar-refractivity contribution in [3.05, 3.63) is 11.3 Å². The molecular formula is C9H11F3N4O. The average molecular weight is 248 g/mol. The van der Waals surface area contributed by atoms with Crippen LogP contribution in [0.15, 0.2) is 0 Å². The first-order chi connectivity index (χ1) is 7.89. The number of anilines is 1. The predicted octanol–water partition coefficient (Wildman–Crippen LogP) is 0.567. The summed E-state index contributed by atoms with van der Waals surface area (Å²) in [7, 11) is 1.50. The molecule has 17 heavy (non-hydrogen) atoms. The Labute approximate surface area is 95.0 Å². The van der Waals surface area contributed by atoms with Crippen LogP contribution in [-0.2, 0) is 24.8 Å². The van der Waals surface area contributed by atoms with Crippen LogP contribution < -0.4 is 10.6 Å². The standard InChI is InChI=1S/C9H11F3N4O/c1-16-7(14-8(17)9(10,11)12)5-2-3-13-4-6(5)15-16/h13H,2-4H2,1H3,(H,14,17). The molecule has 1 aliphatic rings. The molecule has 2 heterocycles. The van der Waals surface area contributed by atoms with E-state index in [0.717, 1.165) is 0 Å². The van der Waals surface area contributed by atoms with Crippen LogP contribution in [-0.4, -0.2) is 28.4 Å². The summed E-state index contributed by atoms with van der Waals surface area (Å²) in [6, 6.07) is 0. The van der Waals surface area contributed by atoms with Crippen LogP contribution in [0.5, 0.6) is 0 Å². The molecule has 2 rings (SSSR count). The Bertz CT molecular complexity index is 452. The summed E-state index contributed by atoms with van der Waals surface area (Å²) in [5.41, 5.74) is 1.35. The van der Waals surface area contributed by atoms with Crippen LogP contribution in [0.3, 0.4) is 0 Å². The molecule has 1 amide bonds. The van der Waals surface area contributed by atoms with Crippen molar-refractivity contribution in [1.29, 1.82) is 0 Å². The van der Waals surface area contributed by atoms with Gasteiger partial charge in [0.15, 0.2) is 0 Å². The number of carbonyl (C=O) groups excluding carboxylic acids is 1. The summed E-state index contributed by atoms with van der Waals surface area (Å²) in [5, 5.41) is 8.98. The third kappa shape index (κ3) is 2.26. The van der Waals surface area contributed by atoms with Crippen molar-refractivity contribution in [2.45, 2.75) is 19.1 Å². The molecule has 0 unspecified atom stereocenters. The molecule has 0 atom stereocenters. The number of alkyl halides is 3. The predicted molar refractivity (Wildman–Crippen MR) is 53.3 cm³/mol. The van der Waals surface area contributed by atoms with Crippen LogP contribution in [0.25, 0.3) is 0 Å². The molecule has 94 valence electrons. The van der Waals surface area contributed by atoms with Crippen LogP contribution in [0.4, 0.5) is 19.0 Å². The smallest absolute Gasteiger partial charge is 0.311 e. The van der Waals surface area contributed by atoms with E-state index in [1.807, 2.05) is 5.32 Å². The number of halogens is 3. The molecule has 0 spiro atoms. The van der Waals surface area contributed by atoms with Gasteiger partial charge in [0, 0.05) is 19.2 Å². The van der Waals surface area contributed by atoms with Crippen molar-refractivity contribution >= 4 is 11.7 Å². The van der Waals surface area contributed by atoms with E-state index in [4.69, 9.17) is 0 Å². The second-order valence-corrected chi connectivity index (χ2v) is 3.78. The SMILES string of the molecule is Cn1nc2c(c1NC(=O)C(F)(F)F)CCNC2. The van der Waals surface area contributed by atoms with Gasteiger partial charge in [0.25, 0.3) is 0 Å². The monoisotopic (exact) mass is 248 g/mol. The highest BCUT2D eigenvalue weighted by molar-refractivity contribution is 5.94. The van der Waals surface area contributed by atoms with Gasteiger partial charge in [-0.15, -0.1) is 0 Å². The van der Waals surface area contributed by atoms with Crippen molar-refractivity contribution in [3.8, 4) is 0 Å². The molecule has 0 aromatic carbocycles. The number of fused-ring (bicyclic) bond motifs is 1. The minimum Gasteiger partial charge on any atom is -0.311 e. The highest BCUT2D eigenvalue weighted by Gasteiger charge is 2.39. The lowest BCUT2D eigenvalue weighted by Gasteiger charge is -2.13. The summed E-state index contributed by atoms with van der Waals surface area (Å²) in [6.07, 6.45) is -4.33. The third-order valence-electron chi connectivity index (χ3n) is 2.56. The van der Waals surface area contributed by atoms with E-state index in [0.29, 0.717) is 30.8 Å². The number of amides is 1. The molecule has 0 bridgehead atoms. The molecule has 8 heteroatoms. The van der Waals surface area contributed by atoms with Crippen molar-refractivity contribution < 1.29 is 18.0 Å². The lowest BCUT2D eigenvalue weighted by molar-refractivity contribution is -0.167. The molecule has 0 fully saturated rings. The number of aromatic nitrogens is 2. The summed E-state index contributed by atoms with van der Waals surface area (Å²) in [4.78, 5) is 10.9. The number of carbonyl (C=O) groups is 1. The van der Waals surface area contributed by atoms with Gasteiger partial charge < -0.3 is 10.6 Å². The van der Waals surface area contributed by atoms with E-state index in [1.165, 1.54) is 11.7 Å². The van der Waals surface area contributed by atoms with Crippen molar-refractivity contribution in [2.75, 3.05) is 11.9 Å². The van der Waals surface area contributed by atoms with Crippen LogP contribution >= 0.6 is 0 Å². The Kier molecular flexibility index (Phi) is 2.82. The quantitative estimate of drug-likeness (QED) is 0.763. The Morgan fingerprint density at radius 1 is 1.53 bits per heavy atom. The molecule has 1 aliphatic heterocycles. The highest BCUT2D eigenvalue weighted by Crippen LogP contribution is 2.24. The maximum atomic E-state index is 12.2. The van der Waals surface area contributed by atoms with Gasteiger partial charge in [-0.25, -0.2) is 0 Å². The fourth-order valence-electron chi connectivity index (χ4n) is 1.78. The Hall–Kier alpha value is -1.57. The van der Waals surface area contributed by atoms with Gasteiger partial charge in [0.1, 0.15) is 5.82 Å². The highest BCUT2D eigenvalue weighted by atomic mass is 19.4. The number of nitrogens with zero attached hydrogens (tertiary/aromatic N) is 2. The second kappa shape index (κ2) is 4.02. The van der Waals surface area contributed by atoms with Gasteiger partial charge in [-0.2, -0.15) is 18.3 Å². The maximum Gasteiger partial charge on any atom is 0.471 e. The topological polar surface area (TPSA) is 59.0 Å². The molecule has 1 aromatic rings. The number of aryl methyl sites for hydroxylation is 1. The second-order valence-electron chi connectivity index (χ2n) is 3.78. The number of hydrogen-bond donors (Lipinski definition) is 2. The van der Waals surface area contributed by atoms with Gasteiger partial charge in [-0.3, -0.25) is 9.48 Å². The number of hydrogen-bond acceptors (Lipinski definition) is 3. The largest absolute Gasteiger partial charge is 0.471 e. The molecule has 5 nitrogen and oxygen atoms in total. The van der Waals surface area contributed by atoms with Crippen LogP contribution in [0, 0.1) is 0 Å². The number of rotatable bonds is 1. The van der Waals surface area contributed by atoms with E-state index in [-0.39, 0.29) is 5.82 Å². The third-order valence-corrected chi connectivity index (χ3v) is 2.56. The number of nitrogens with one attached hydrogen (secondary N) is 2. The first-order valence-electron chi connectivity index (χ1n) is 5.03. The van der Waals surface area contributed by atoms with Crippen LogP contribution in [0.2, 0.25) is 0 Å². The molecule has 0 saturated heterocycles. The zero-order chi connectivity index (χ0) is 12.6. The fraction of sp³-hybridized carbons (Fsp3) is 0.556. The zero-order valence-corrected chi connectivity index (χ0v) is 9.06. The molecular weight excluding hydrogens is 237 g/mol. The summed E-state index contributed by atoms with van der Waals surface area (Å²) >= 11 is 0.